The first kappa shape index (κ1) is 11.1. The maximum atomic E-state index is 11.5. The van der Waals surface area contributed by atoms with Gasteiger partial charge in [-0.25, -0.2) is 9.59 Å². The van der Waals surface area contributed by atoms with Crippen molar-refractivity contribution in [3.05, 3.63) is 17.5 Å². The molecule has 0 atom stereocenters. The maximum absolute atomic E-state index is 11.5. The smallest absolute Gasteiger partial charge is 0.342 e. The van der Waals surface area contributed by atoms with E-state index in [-0.39, 0.29) is 6.61 Å². The highest BCUT2D eigenvalue weighted by Crippen LogP contribution is 2.19. The van der Waals surface area contributed by atoms with Crippen LogP contribution in [0.1, 0.15) is 23.0 Å². The number of aryl methyl sites for hydroxylation is 1. The minimum atomic E-state index is -0.723. The molecule has 0 saturated carbocycles. The molecule has 1 aromatic heterocycles. The van der Waals surface area contributed by atoms with E-state index < -0.39 is 12.0 Å². The number of primary amides is 1. The van der Waals surface area contributed by atoms with Crippen molar-refractivity contribution in [3.63, 3.8) is 0 Å². The molecule has 0 aliphatic heterocycles. The van der Waals surface area contributed by atoms with Crippen LogP contribution in [-0.4, -0.2) is 23.6 Å². The number of amides is 2. The molecule has 0 aromatic carbocycles. The fourth-order valence-corrected chi connectivity index (χ4v) is 1.22. The molecule has 1 heterocycles. The Morgan fingerprint density at radius 3 is 2.80 bits per heavy atom. The van der Waals surface area contributed by atoms with Crippen molar-refractivity contribution in [2.45, 2.75) is 13.8 Å². The number of esters is 1. The lowest BCUT2D eigenvalue weighted by Gasteiger charge is -2.04. The summed E-state index contributed by atoms with van der Waals surface area (Å²) in [6.07, 6.45) is 1.49. The number of carbonyl (C=O) groups is 2. The number of nitrogens with two attached hydrogens (primary N) is 1. The monoisotopic (exact) mass is 211 g/mol. The molecule has 82 valence electrons. The number of hydrogen-bond donors (Lipinski definition) is 3. The Kier molecular flexibility index (Phi) is 3.33. The molecule has 2 amide bonds. The van der Waals surface area contributed by atoms with Gasteiger partial charge in [0.2, 0.25) is 0 Å². The van der Waals surface area contributed by atoms with Crippen molar-refractivity contribution >= 4 is 17.7 Å². The first-order valence-electron chi connectivity index (χ1n) is 4.47. The van der Waals surface area contributed by atoms with Gasteiger partial charge in [0.1, 0.15) is 5.56 Å². The summed E-state index contributed by atoms with van der Waals surface area (Å²) < 4.78 is 4.84. The van der Waals surface area contributed by atoms with Crippen molar-refractivity contribution in [2.24, 2.45) is 5.73 Å². The number of aromatic amines is 1. The van der Waals surface area contributed by atoms with Crippen LogP contribution in [0.15, 0.2) is 6.20 Å². The van der Waals surface area contributed by atoms with E-state index in [1.807, 2.05) is 0 Å². The fourth-order valence-electron chi connectivity index (χ4n) is 1.22. The van der Waals surface area contributed by atoms with E-state index >= 15 is 0 Å². The molecule has 1 aromatic rings. The number of carbonyl (C=O) groups excluding carboxylic acids is 2. The van der Waals surface area contributed by atoms with E-state index in [0.717, 1.165) is 0 Å². The summed E-state index contributed by atoms with van der Waals surface area (Å²) >= 11 is 0. The van der Waals surface area contributed by atoms with E-state index in [2.05, 4.69) is 10.3 Å². The molecular formula is C9H13N3O3. The summed E-state index contributed by atoms with van der Waals surface area (Å²) in [4.78, 5) is 25.0. The quantitative estimate of drug-likeness (QED) is 0.650. The molecule has 0 unspecified atom stereocenters. The highest BCUT2D eigenvalue weighted by atomic mass is 16.5. The molecule has 15 heavy (non-hydrogen) atoms. The van der Waals surface area contributed by atoms with Gasteiger partial charge in [0, 0.05) is 11.9 Å². The Hall–Kier alpha value is -1.98. The van der Waals surface area contributed by atoms with E-state index in [1.54, 1.807) is 13.8 Å². The van der Waals surface area contributed by atoms with Gasteiger partial charge >= 0.3 is 12.0 Å². The van der Waals surface area contributed by atoms with Crippen molar-refractivity contribution in [1.82, 2.24) is 4.98 Å². The van der Waals surface area contributed by atoms with Crippen molar-refractivity contribution < 1.29 is 14.3 Å². The molecule has 0 aliphatic rings. The predicted octanol–water partition coefficient (Wildman–Crippen LogP) is 0.990. The van der Waals surface area contributed by atoms with Crippen LogP contribution >= 0.6 is 0 Å². The standard InChI is InChI=1S/C9H13N3O3/c1-3-15-8(13)7-5(2)11-4-6(7)12-9(10)14/h4,11H,3H2,1-2H3,(H3,10,12,14). The Balaban J connectivity index is 2.98. The number of ether oxygens (including phenoxy) is 1. The molecule has 0 saturated heterocycles. The van der Waals surface area contributed by atoms with Gasteiger partial charge in [0.05, 0.1) is 12.3 Å². The van der Waals surface area contributed by atoms with Crippen LogP contribution in [0.2, 0.25) is 0 Å². The maximum Gasteiger partial charge on any atom is 0.342 e. The third-order valence-corrected chi connectivity index (χ3v) is 1.81. The fraction of sp³-hybridized carbons (Fsp3) is 0.333. The molecular weight excluding hydrogens is 198 g/mol. The van der Waals surface area contributed by atoms with Gasteiger partial charge < -0.3 is 20.8 Å². The molecule has 6 nitrogen and oxygen atoms in total. The lowest BCUT2D eigenvalue weighted by molar-refractivity contribution is 0.0527. The van der Waals surface area contributed by atoms with Crippen LogP contribution in [0.5, 0.6) is 0 Å². The Labute approximate surface area is 86.8 Å². The van der Waals surface area contributed by atoms with E-state index in [9.17, 15) is 9.59 Å². The number of aromatic nitrogens is 1. The van der Waals surface area contributed by atoms with Gasteiger partial charge in [0.25, 0.3) is 0 Å². The molecule has 0 aliphatic carbocycles. The molecule has 0 fully saturated rings. The SMILES string of the molecule is CCOC(=O)c1c(NC(N)=O)c[nH]c1C. The molecule has 1 rings (SSSR count). The molecule has 4 N–H and O–H groups in total. The number of urea groups is 1. The average molecular weight is 211 g/mol. The average Bonchev–Trinajstić information content (AvgIpc) is 2.46. The molecule has 0 bridgehead atoms. The van der Waals surface area contributed by atoms with E-state index in [0.29, 0.717) is 16.9 Å². The predicted molar refractivity (Wildman–Crippen MR) is 54.7 cm³/mol. The van der Waals surface area contributed by atoms with Gasteiger partial charge in [-0.3, -0.25) is 0 Å². The van der Waals surface area contributed by atoms with Crippen LogP contribution in [-0.2, 0) is 4.74 Å². The summed E-state index contributed by atoms with van der Waals surface area (Å²) in [6, 6.07) is -0.723. The number of rotatable bonds is 3. The zero-order valence-corrected chi connectivity index (χ0v) is 8.59. The Morgan fingerprint density at radius 2 is 2.27 bits per heavy atom. The topological polar surface area (TPSA) is 97.2 Å². The highest BCUT2D eigenvalue weighted by Gasteiger charge is 2.18. The zero-order valence-electron chi connectivity index (χ0n) is 8.59. The third-order valence-electron chi connectivity index (χ3n) is 1.81. The normalized spacial score (nSPS) is 9.73. The third kappa shape index (κ3) is 2.49. The summed E-state index contributed by atoms with van der Waals surface area (Å²) in [5.41, 5.74) is 6.22. The zero-order chi connectivity index (χ0) is 11.4. The highest BCUT2D eigenvalue weighted by molar-refractivity contribution is 6.01. The van der Waals surface area contributed by atoms with Crippen molar-refractivity contribution in [2.75, 3.05) is 11.9 Å². The second kappa shape index (κ2) is 4.50. The van der Waals surface area contributed by atoms with E-state index in [4.69, 9.17) is 10.5 Å². The minimum Gasteiger partial charge on any atom is -0.462 e. The summed E-state index contributed by atoms with van der Waals surface area (Å²) in [5, 5.41) is 2.34. The number of nitrogens with one attached hydrogen (secondary N) is 2. The lowest BCUT2D eigenvalue weighted by atomic mass is 10.2. The second-order valence-corrected chi connectivity index (χ2v) is 2.91. The summed E-state index contributed by atoms with van der Waals surface area (Å²) in [6.45, 7) is 3.69. The molecule has 0 spiro atoms. The van der Waals surface area contributed by atoms with Crippen LogP contribution in [0.3, 0.4) is 0 Å². The van der Waals surface area contributed by atoms with Crippen molar-refractivity contribution in [3.8, 4) is 0 Å². The van der Waals surface area contributed by atoms with Crippen LogP contribution in [0.4, 0.5) is 10.5 Å². The van der Waals surface area contributed by atoms with Gasteiger partial charge in [0.15, 0.2) is 0 Å². The Morgan fingerprint density at radius 1 is 1.60 bits per heavy atom. The number of H-pyrrole nitrogens is 1. The van der Waals surface area contributed by atoms with Gasteiger partial charge in [-0.15, -0.1) is 0 Å². The minimum absolute atomic E-state index is 0.277. The van der Waals surface area contributed by atoms with Crippen LogP contribution in [0, 0.1) is 6.92 Å². The Bertz CT molecular complexity index is 384. The van der Waals surface area contributed by atoms with Gasteiger partial charge in [-0.05, 0) is 13.8 Å². The van der Waals surface area contributed by atoms with Crippen molar-refractivity contribution in [1.29, 1.82) is 0 Å². The summed E-state index contributed by atoms with van der Waals surface area (Å²) in [5.74, 6) is -0.486. The van der Waals surface area contributed by atoms with E-state index in [1.165, 1.54) is 6.20 Å². The lowest BCUT2D eigenvalue weighted by Crippen LogP contribution is -2.20. The number of anilines is 1. The van der Waals surface area contributed by atoms with Crippen LogP contribution in [0.25, 0.3) is 0 Å². The van der Waals surface area contributed by atoms with Gasteiger partial charge in [-0.2, -0.15) is 0 Å². The number of hydrogen-bond acceptors (Lipinski definition) is 3. The molecule has 6 heteroatoms. The van der Waals surface area contributed by atoms with Gasteiger partial charge in [-0.1, -0.05) is 0 Å². The summed E-state index contributed by atoms with van der Waals surface area (Å²) in [7, 11) is 0. The first-order valence-corrected chi connectivity index (χ1v) is 4.47. The largest absolute Gasteiger partial charge is 0.462 e. The molecule has 0 radical (unpaired) electrons. The van der Waals surface area contributed by atoms with Crippen LogP contribution < -0.4 is 11.1 Å². The second-order valence-electron chi connectivity index (χ2n) is 2.91. The first-order chi connectivity index (χ1) is 7.06.